The number of hydrogen-bond donors (Lipinski definition) is 1. The number of ether oxygens (including phenoxy) is 1. The van der Waals surface area contributed by atoms with Gasteiger partial charge in [-0.1, -0.05) is 26.3 Å². The van der Waals surface area contributed by atoms with E-state index in [9.17, 15) is 9.59 Å². The number of carbonyl (C=O) groups excluding carboxylic acids is 2. The third kappa shape index (κ3) is 3.43. The van der Waals surface area contributed by atoms with Crippen LogP contribution >= 0.6 is 0 Å². The van der Waals surface area contributed by atoms with Crippen LogP contribution < -0.4 is 10.1 Å². The molecule has 1 aliphatic rings. The van der Waals surface area contributed by atoms with Gasteiger partial charge >= 0.3 is 0 Å². The van der Waals surface area contributed by atoms with Crippen molar-refractivity contribution in [2.45, 2.75) is 46.0 Å². The second-order valence-electron chi connectivity index (χ2n) is 5.69. The summed E-state index contributed by atoms with van der Waals surface area (Å²) in [4.78, 5) is 23.8. The van der Waals surface area contributed by atoms with Gasteiger partial charge in [-0.2, -0.15) is 0 Å². The van der Waals surface area contributed by atoms with E-state index in [0.29, 0.717) is 24.3 Å². The lowest BCUT2D eigenvalue weighted by atomic mass is 9.97. The third-order valence-corrected chi connectivity index (χ3v) is 3.90. The molecule has 4 nitrogen and oxygen atoms in total. The number of rotatable bonds is 6. The molecular formula is C17H23NO3. The number of benzene rings is 1. The van der Waals surface area contributed by atoms with Crippen LogP contribution in [0.1, 0.15) is 60.5 Å². The Morgan fingerprint density at radius 2 is 2.19 bits per heavy atom. The van der Waals surface area contributed by atoms with Gasteiger partial charge in [0.15, 0.2) is 12.4 Å². The highest BCUT2D eigenvalue weighted by atomic mass is 16.5. The van der Waals surface area contributed by atoms with Crippen molar-refractivity contribution in [2.24, 2.45) is 0 Å². The smallest absolute Gasteiger partial charge is 0.257 e. The average molecular weight is 289 g/mol. The molecule has 0 aliphatic heterocycles. The minimum absolute atomic E-state index is 0.0408. The Hall–Kier alpha value is -1.84. The first-order chi connectivity index (χ1) is 10.0. The normalized spacial score (nSPS) is 16.7. The second-order valence-corrected chi connectivity index (χ2v) is 5.69. The molecule has 0 spiro atoms. The van der Waals surface area contributed by atoms with Crippen LogP contribution in [-0.4, -0.2) is 24.8 Å². The van der Waals surface area contributed by atoms with Crippen molar-refractivity contribution < 1.29 is 14.3 Å². The van der Waals surface area contributed by atoms with E-state index in [2.05, 4.69) is 19.2 Å². The van der Waals surface area contributed by atoms with Crippen molar-refractivity contribution in [3.05, 3.63) is 28.8 Å². The Morgan fingerprint density at radius 3 is 2.90 bits per heavy atom. The lowest BCUT2D eigenvalue weighted by Crippen LogP contribution is -2.29. The summed E-state index contributed by atoms with van der Waals surface area (Å²) < 4.78 is 5.58. The fraction of sp³-hybridized carbons (Fsp3) is 0.529. The van der Waals surface area contributed by atoms with E-state index in [0.717, 1.165) is 24.0 Å². The number of Topliss-reactive ketones (excluding diaryl/α,β-unsaturated/α-hetero) is 1. The summed E-state index contributed by atoms with van der Waals surface area (Å²) >= 11 is 0. The number of hydrogen-bond acceptors (Lipinski definition) is 3. The molecule has 0 bridgehead atoms. The van der Waals surface area contributed by atoms with Gasteiger partial charge in [0.05, 0.1) is 5.56 Å². The van der Waals surface area contributed by atoms with E-state index >= 15 is 0 Å². The van der Waals surface area contributed by atoms with E-state index in [1.54, 1.807) is 6.07 Å². The van der Waals surface area contributed by atoms with Gasteiger partial charge in [-0.05, 0) is 36.5 Å². The van der Waals surface area contributed by atoms with E-state index in [1.807, 2.05) is 13.0 Å². The highest BCUT2D eigenvalue weighted by molar-refractivity contribution is 6.04. The van der Waals surface area contributed by atoms with E-state index in [1.165, 1.54) is 0 Å². The first-order valence-corrected chi connectivity index (χ1v) is 7.60. The van der Waals surface area contributed by atoms with Crippen molar-refractivity contribution >= 4 is 11.7 Å². The van der Waals surface area contributed by atoms with Gasteiger partial charge in [-0.25, -0.2) is 0 Å². The molecular weight excluding hydrogens is 266 g/mol. The molecule has 0 aromatic heterocycles. The number of unbranched alkanes of at least 4 members (excludes halogenated alkanes) is 1. The van der Waals surface area contributed by atoms with Gasteiger partial charge < -0.3 is 10.1 Å². The van der Waals surface area contributed by atoms with Crippen molar-refractivity contribution in [2.75, 3.05) is 13.2 Å². The number of carbonyl (C=O) groups is 2. The Morgan fingerprint density at radius 1 is 1.43 bits per heavy atom. The zero-order valence-corrected chi connectivity index (χ0v) is 13.0. The predicted octanol–water partition coefficient (Wildman–Crippen LogP) is 2.98. The summed E-state index contributed by atoms with van der Waals surface area (Å²) in [6, 6.07) is 3.75. The predicted molar refractivity (Wildman–Crippen MR) is 82.0 cm³/mol. The molecule has 4 heteroatoms. The number of ketones is 1. The van der Waals surface area contributed by atoms with Gasteiger partial charge in [0, 0.05) is 13.0 Å². The fourth-order valence-electron chi connectivity index (χ4n) is 2.83. The number of amides is 1. The van der Waals surface area contributed by atoms with Gasteiger partial charge in [0.25, 0.3) is 5.91 Å². The second kappa shape index (κ2) is 6.74. The summed E-state index contributed by atoms with van der Waals surface area (Å²) in [7, 11) is 0. The van der Waals surface area contributed by atoms with Crippen LogP contribution in [0, 0.1) is 6.92 Å². The van der Waals surface area contributed by atoms with Crippen LogP contribution in [0.3, 0.4) is 0 Å². The number of fused-ring (bicyclic) bond motifs is 1. The summed E-state index contributed by atoms with van der Waals surface area (Å²) in [6.45, 7) is 6.76. The monoisotopic (exact) mass is 289 g/mol. The highest BCUT2D eigenvalue weighted by Crippen LogP contribution is 2.40. The average Bonchev–Trinajstić information content (AvgIpc) is 2.75. The highest BCUT2D eigenvalue weighted by Gasteiger charge is 2.31. The van der Waals surface area contributed by atoms with Gasteiger partial charge in [-0.15, -0.1) is 0 Å². The van der Waals surface area contributed by atoms with Crippen molar-refractivity contribution in [3.8, 4) is 5.75 Å². The molecule has 21 heavy (non-hydrogen) atoms. The lowest BCUT2D eigenvalue weighted by Gasteiger charge is -2.13. The summed E-state index contributed by atoms with van der Waals surface area (Å²) in [5, 5.41) is 2.80. The molecule has 1 aromatic carbocycles. The van der Waals surface area contributed by atoms with Crippen LogP contribution in [0.4, 0.5) is 0 Å². The van der Waals surface area contributed by atoms with Crippen LogP contribution in [0.5, 0.6) is 5.75 Å². The summed E-state index contributed by atoms with van der Waals surface area (Å²) in [6.07, 6.45) is 2.53. The molecule has 1 unspecified atom stereocenters. The minimum atomic E-state index is -0.142. The maximum Gasteiger partial charge on any atom is 0.257 e. The maximum atomic E-state index is 12.1. The summed E-state index contributed by atoms with van der Waals surface area (Å²) in [5.41, 5.74) is 2.86. The molecule has 1 aromatic rings. The third-order valence-electron chi connectivity index (χ3n) is 3.90. The van der Waals surface area contributed by atoms with E-state index in [4.69, 9.17) is 4.74 Å². The molecule has 114 valence electrons. The van der Waals surface area contributed by atoms with Crippen molar-refractivity contribution in [1.82, 2.24) is 5.32 Å². The molecule has 0 saturated heterocycles. The van der Waals surface area contributed by atoms with Crippen LogP contribution in [0.15, 0.2) is 12.1 Å². The van der Waals surface area contributed by atoms with Gasteiger partial charge in [0.2, 0.25) is 0 Å². The molecule has 1 amide bonds. The fourth-order valence-corrected chi connectivity index (χ4v) is 2.83. The largest absolute Gasteiger partial charge is 0.483 e. The molecule has 0 fully saturated rings. The molecule has 0 saturated carbocycles. The zero-order valence-electron chi connectivity index (χ0n) is 13.0. The van der Waals surface area contributed by atoms with Crippen LogP contribution in [-0.2, 0) is 4.79 Å². The Kier molecular flexibility index (Phi) is 4.99. The van der Waals surface area contributed by atoms with Gasteiger partial charge in [-0.3, -0.25) is 9.59 Å². The molecule has 2 rings (SSSR count). The maximum absolute atomic E-state index is 12.1. The number of nitrogens with one attached hydrogen (secondary N) is 1. The zero-order chi connectivity index (χ0) is 15.4. The van der Waals surface area contributed by atoms with Crippen molar-refractivity contribution in [1.29, 1.82) is 0 Å². The van der Waals surface area contributed by atoms with E-state index < -0.39 is 0 Å². The van der Waals surface area contributed by atoms with Crippen LogP contribution in [0.2, 0.25) is 0 Å². The number of aryl methyl sites for hydroxylation is 1. The molecule has 1 aliphatic carbocycles. The molecule has 0 radical (unpaired) electrons. The molecule has 1 atom stereocenters. The lowest BCUT2D eigenvalue weighted by molar-refractivity contribution is -0.123. The standard InChI is InChI=1S/C17H23NO3/c1-4-5-8-18-15(20)10-21-14-7-6-11(2)16-12(3)9-13(19)17(14)16/h6-7,12H,4-5,8-10H2,1-3H3,(H,18,20). The van der Waals surface area contributed by atoms with E-state index in [-0.39, 0.29) is 24.2 Å². The topological polar surface area (TPSA) is 55.4 Å². The first-order valence-electron chi connectivity index (χ1n) is 7.60. The Labute approximate surface area is 125 Å². The first kappa shape index (κ1) is 15.5. The van der Waals surface area contributed by atoms with Crippen molar-refractivity contribution in [3.63, 3.8) is 0 Å². The minimum Gasteiger partial charge on any atom is -0.483 e. The SMILES string of the molecule is CCCCNC(=O)COc1ccc(C)c2c1C(=O)CC2C. The Bertz CT molecular complexity index is 551. The van der Waals surface area contributed by atoms with Crippen LogP contribution in [0.25, 0.3) is 0 Å². The quantitative estimate of drug-likeness (QED) is 0.819. The molecule has 0 heterocycles. The van der Waals surface area contributed by atoms with Gasteiger partial charge in [0.1, 0.15) is 5.75 Å². The Balaban J connectivity index is 2.05. The molecule has 1 N–H and O–H groups in total. The summed E-state index contributed by atoms with van der Waals surface area (Å²) in [5.74, 6) is 0.740.